The van der Waals surface area contributed by atoms with Gasteiger partial charge in [-0.15, -0.1) is 0 Å². The largest absolute Gasteiger partial charge is 0.399 e. The molecular formula is C30H31N3O4. The Labute approximate surface area is 216 Å². The van der Waals surface area contributed by atoms with Crippen molar-refractivity contribution in [2.24, 2.45) is 4.99 Å². The molecule has 37 heavy (non-hydrogen) atoms. The Morgan fingerprint density at radius 1 is 0.919 bits per heavy atom. The molecule has 0 bridgehead atoms. The van der Waals surface area contributed by atoms with Crippen molar-refractivity contribution in [2.75, 3.05) is 13.1 Å². The Morgan fingerprint density at radius 3 is 2.27 bits per heavy atom. The van der Waals surface area contributed by atoms with Crippen molar-refractivity contribution in [1.82, 2.24) is 10.2 Å². The highest BCUT2D eigenvalue weighted by Gasteiger charge is 2.54. The normalized spacial score (nSPS) is 20.1. The van der Waals surface area contributed by atoms with Gasteiger partial charge in [0.15, 0.2) is 0 Å². The Bertz CT molecular complexity index is 1390. The summed E-state index contributed by atoms with van der Waals surface area (Å²) in [5.74, 6) is -2.41. The van der Waals surface area contributed by atoms with Crippen LogP contribution < -0.4 is 5.32 Å². The third-order valence-corrected chi connectivity index (χ3v) is 6.50. The molecule has 1 spiro atoms. The van der Waals surface area contributed by atoms with Gasteiger partial charge in [0.05, 0.1) is 5.54 Å². The summed E-state index contributed by atoms with van der Waals surface area (Å²) in [5.41, 5.74) is 2.41. The summed E-state index contributed by atoms with van der Waals surface area (Å²) in [6.45, 7) is 8.87. The van der Waals surface area contributed by atoms with E-state index in [1.54, 1.807) is 0 Å². The van der Waals surface area contributed by atoms with Gasteiger partial charge in [0, 0.05) is 30.8 Å². The van der Waals surface area contributed by atoms with Crippen LogP contribution in [0.4, 0.5) is 0 Å². The van der Waals surface area contributed by atoms with Gasteiger partial charge in [-0.2, -0.15) is 0 Å². The van der Waals surface area contributed by atoms with E-state index >= 15 is 0 Å². The number of nitrogens with zero attached hydrogens (tertiary/aromatic N) is 2. The maximum Gasteiger partial charge on any atom is 0.360 e. The minimum Gasteiger partial charge on any atom is -0.399 e. The first-order chi connectivity index (χ1) is 17.7. The van der Waals surface area contributed by atoms with Gasteiger partial charge in [-0.05, 0) is 49.6 Å². The number of benzene rings is 3. The zero-order valence-electron chi connectivity index (χ0n) is 21.5. The van der Waals surface area contributed by atoms with Crippen LogP contribution in [0.15, 0.2) is 83.9 Å². The van der Waals surface area contributed by atoms with Crippen LogP contribution >= 0.6 is 0 Å². The highest BCUT2D eigenvalue weighted by molar-refractivity contribution is 6.09. The van der Waals surface area contributed by atoms with Crippen molar-refractivity contribution in [3.8, 4) is 11.1 Å². The lowest BCUT2D eigenvalue weighted by Gasteiger charge is -2.49. The van der Waals surface area contributed by atoms with Crippen LogP contribution in [0.5, 0.6) is 0 Å². The average Bonchev–Trinajstić information content (AvgIpc) is 3.02. The molecule has 3 aromatic carbocycles. The number of rotatable bonds is 2. The fraction of sp³-hybridized carbons (Fsp3) is 0.300. The predicted octanol–water partition coefficient (Wildman–Crippen LogP) is 4.66. The molecule has 0 aliphatic carbocycles. The SMILES string of the molecule is CC1NCCN(C(=NC(C)(C)C)c2ccccc2-c2cccc3ccccc23)C12OC(=O)C=CC(=O)O2. The van der Waals surface area contributed by atoms with Gasteiger partial charge in [-0.3, -0.25) is 9.89 Å². The molecule has 1 atom stereocenters. The van der Waals surface area contributed by atoms with Crippen molar-refractivity contribution >= 4 is 28.5 Å². The number of ether oxygens (including phenoxy) is 2. The van der Waals surface area contributed by atoms with Crippen LogP contribution in [0.25, 0.3) is 21.9 Å². The number of carbonyl (C=O) groups is 2. The number of hydrogen-bond acceptors (Lipinski definition) is 6. The first kappa shape index (κ1) is 24.7. The summed E-state index contributed by atoms with van der Waals surface area (Å²) in [6.07, 6.45) is 2.20. The minimum atomic E-state index is -1.70. The summed E-state index contributed by atoms with van der Waals surface area (Å²) < 4.78 is 11.8. The molecule has 0 saturated carbocycles. The third-order valence-electron chi connectivity index (χ3n) is 6.50. The van der Waals surface area contributed by atoms with Crippen LogP contribution in [0.3, 0.4) is 0 Å². The molecule has 5 rings (SSSR count). The molecule has 0 radical (unpaired) electrons. The molecule has 0 amide bonds. The fourth-order valence-electron chi connectivity index (χ4n) is 4.92. The zero-order chi connectivity index (χ0) is 26.2. The molecule has 2 aliphatic rings. The van der Waals surface area contributed by atoms with Crippen LogP contribution in [0.2, 0.25) is 0 Å². The zero-order valence-corrected chi connectivity index (χ0v) is 21.5. The first-order valence-electron chi connectivity index (χ1n) is 12.5. The van der Waals surface area contributed by atoms with E-state index < -0.39 is 29.4 Å². The van der Waals surface area contributed by atoms with E-state index in [1.165, 1.54) is 0 Å². The van der Waals surface area contributed by atoms with Gasteiger partial charge in [-0.25, -0.2) is 9.59 Å². The molecule has 1 fully saturated rings. The first-order valence-corrected chi connectivity index (χ1v) is 12.5. The second kappa shape index (κ2) is 9.48. The van der Waals surface area contributed by atoms with E-state index in [-0.39, 0.29) is 0 Å². The lowest BCUT2D eigenvalue weighted by atomic mass is 9.93. The summed E-state index contributed by atoms with van der Waals surface area (Å²) >= 11 is 0. The van der Waals surface area contributed by atoms with Gasteiger partial charge in [0.2, 0.25) is 0 Å². The van der Waals surface area contributed by atoms with Crippen molar-refractivity contribution < 1.29 is 19.1 Å². The number of aliphatic imine (C=N–C) groups is 1. The number of carbonyl (C=O) groups excluding carboxylic acids is 2. The van der Waals surface area contributed by atoms with Gasteiger partial charge in [-0.1, -0.05) is 66.7 Å². The molecule has 7 nitrogen and oxygen atoms in total. The fourth-order valence-corrected chi connectivity index (χ4v) is 4.92. The van der Waals surface area contributed by atoms with E-state index in [4.69, 9.17) is 14.5 Å². The Kier molecular flexibility index (Phi) is 6.33. The molecule has 1 unspecified atom stereocenters. The Hall–Kier alpha value is -3.97. The Morgan fingerprint density at radius 2 is 1.54 bits per heavy atom. The monoisotopic (exact) mass is 497 g/mol. The van der Waals surface area contributed by atoms with E-state index in [1.807, 2.05) is 69.0 Å². The maximum atomic E-state index is 12.6. The molecule has 3 aromatic rings. The standard InChI is InChI=1S/C30H31N3O4/c1-20-30(36-26(34)16-17-27(35)37-30)33(19-18-31-20)28(32-29(2,3)4)25-14-8-7-13-24(25)23-15-9-11-21-10-5-6-12-22(21)23/h5-17,20,31H,18-19H2,1-4H3. The average molecular weight is 498 g/mol. The lowest BCUT2D eigenvalue weighted by molar-refractivity contribution is -0.283. The molecular weight excluding hydrogens is 466 g/mol. The Balaban J connectivity index is 1.75. The quantitative estimate of drug-likeness (QED) is 0.315. The lowest BCUT2D eigenvalue weighted by Crippen LogP contribution is -2.71. The molecule has 7 heteroatoms. The summed E-state index contributed by atoms with van der Waals surface area (Å²) in [7, 11) is 0. The number of esters is 2. The molecule has 190 valence electrons. The number of nitrogens with one attached hydrogen (secondary N) is 1. The number of amidine groups is 1. The van der Waals surface area contributed by atoms with E-state index in [9.17, 15) is 9.59 Å². The molecule has 1 saturated heterocycles. The highest BCUT2D eigenvalue weighted by atomic mass is 16.8. The molecule has 1 N–H and O–H groups in total. The number of fused-ring (bicyclic) bond motifs is 1. The predicted molar refractivity (Wildman–Crippen MR) is 144 cm³/mol. The second-order valence-corrected chi connectivity index (χ2v) is 10.3. The molecule has 2 aliphatic heterocycles. The van der Waals surface area contributed by atoms with Crippen molar-refractivity contribution in [2.45, 2.75) is 45.2 Å². The second-order valence-electron chi connectivity index (χ2n) is 10.3. The van der Waals surface area contributed by atoms with E-state index in [0.29, 0.717) is 18.9 Å². The van der Waals surface area contributed by atoms with Crippen LogP contribution in [0.1, 0.15) is 33.3 Å². The minimum absolute atomic E-state index is 0.406. The van der Waals surface area contributed by atoms with Gasteiger partial charge in [0.25, 0.3) is 0 Å². The summed E-state index contributed by atoms with van der Waals surface area (Å²) in [4.78, 5) is 32.2. The van der Waals surface area contributed by atoms with Gasteiger partial charge < -0.3 is 14.8 Å². The summed E-state index contributed by atoms with van der Waals surface area (Å²) in [5, 5.41) is 5.55. The van der Waals surface area contributed by atoms with E-state index in [2.05, 4.69) is 35.6 Å². The van der Waals surface area contributed by atoms with E-state index in [0.717, 1.165) is 39.6 Å². The topological polar surface area (TPSA) is 80.2 Å². The number of piperazine rings is 1. The van der Waals surface area contributed by atoms with Crippen LogP contribution in [-0.4, -0.2) is 53.3 Å². The molecule has 2 heterocycles. The van der Waals surface area contributed by atoms with Gasteiger partial charge >= 0.3 is 17.8 Å². The van der Waals surface area contributed by atoms with Crippen molar-refractivity contribution in [3.05, 3.63) is 84.4 Å². The third kappa shape index (κ3) is 4.74. The van der Waals surface area contributed by atoms with Crippen molar-refractivity contribution in [1.29, 1.82) is 0 Å². The van der Waals surface area contributed by atoms with Gasteiger partial charge in [0.1, 0.15) is 11.9 Å². The van der Waals surface area contributed by atoms with Crippen LogP contribution in [0, 0.1) is 0 Å². The molecule has 0 aromatic heterocycles. The maximum absolute atomic E-state index is 12.6. The smallest absolute Gasteiger partial charge is 0.360 e. The number of hydrogen-bond donors (Lipinski definition) is 1. The van der Waals surface area contributed by atoms with Crippen molar-refractivity contribution in [3.63, 3.8) is 0 Å². The van der Waals surface area contributed by atoms with Crippen LogP contribution in [-0.2, 0) is 19.1 Å². The summed E-state index contributed by atoms with van der Waals surface area (Å²) in [6, 6.07) is 22.0. The highest BCUT2D eigenvalue weighted by Crippen LogP contribution is 2.36.